The first-order valence-corrected chi connectivity index (χ1v) is 10.9. The number of esters is 7. The van der Waals surface area contributed by atoms with Crippen molar-refractivity contribution in [2.45, 2.75) is 85.1 Å². The first-order valence-electron chi connectivity index (χ1n) is 10.9. The number of hydrogen-bond acceptors (Lipinski definition) is 15. The van der Waals surface area contributed by atoms with Crippen LogP contribution < -0.4 is 5.73 Å². The third-order valence-corrected chi connectivity index (χ3v) is 4.19. The van der Waals surface area contributed by atoms with Crippen LogP contribution in [0.3, 0.4) is 0 Å². The molecule has 0 spiro atoms. The zero-order chi connectivity index (χ0) is 29.7. The van der Waals surface area contributed by atoms with Crippen molar-refractivity contribution in [2.24, 2.45) is 5.73 Å². The van der Waals surface area contributed by atoms with Crippen LogP contribution in [0.1, 0.15) is 48.5 Å². The second-order valence-electron chi connectivity index (χ2n) is 7.68. The van der Waals surface area contributed by atoms with Crippen LogP contribution in [0.5, 0.6) is 0 Å². The summed E-state index contributed by atoms with van der Waals surface area (Å²) in [5, 5.41) is 0. The maximum atomic E-state index is 12.2. The van der Waals surface area contributed by atoms with Crippen LogP contribution in [-0.4, -0.2) is 90.9 Å². The van der Waals surface area contributed by atoms with Crippen LogP contribution in [0.25, 0.3) is 0 Å². The van der Waals surface area contributed by atoms with E-state index in [1.54, 1.807) is 0 Å². The standard InChI is InChI=1S/C22H31NO15/c1-9(24)32-8-16(33-10(2)25)17(34-11(3)26)18(35-12(4)27)19(36-13(5)28)20(37-14(6)29)21(22(23)31)38-15(7)30/h16-21H,8H2,1-7H3,(H2,23,31)/t16-,17-,18+,19+,20+,21+/m1/s1. The molecule has 0 radical (unpaired) electrons. The van der Waals surface area contributed by atoms with Gasteiger partial charge in [0.25, 0.3) is 5.91 Å². The Kier molecular flexibility index (Phi) is 14.0. The van der Waals surface area contributed by atoms with Gasteiger partial charge in [0.2, 0.25) is 6.10 Å². The van der Waals surface area contributed by atoms with E-state index in [0.29, 0.717) is 0 Å². The SMILES string of the molecule is CC(=O)OC[C@@H](OC(C)=O)[C@@H](OC(C)=O)[C@H](OC(C)=O)[C@H](OC(C)=O)[C@H](OC(C)=O)[C@H](OC(C)=O)C(N)=O. The molecule has 38 heavy (non-hydrogen) atoms. The third kappa shape index (κ3) is 12.6. The Balaban J connectivity index is 7.22. The van der Waals surface area contributed by atoms with Crippen LogP contribution in [0.15, 0.2) is 0 Å². The van der Waals surface area contributed by atoms with Gasteiger partial charge in [-0.2, -0.15) is 0 Å². The van der Waals surface area contributed by atoms with E-state index in [0.717, 1.165) is 48.5 Å². The molecule has 1 amide bonds. The number of carbonyl (C=O) groups is 8. The van der Waals surface area contributed by atoms with Gasteiger partial charge >= 0.3 is 41.8 Å². The second-order valence-corrected chi connectivity index (χ2v) is 7.68. The van der Waals surface area contributed by atoms with E-state index in [2.05, 4.69) is 0 Å². The molecule has 0 fully saturated rings. The molecule has 0 aromatic carbocycles. The molecule has 0 unspecified atom stereocenters. The minimum Gasteiger partial charge on any atom is -0.462 e. The number of amides is 1. The Bertz CT molecular complexity index is 930. The van der Waals surface area contributed by atoms with Gasteiger partial charge in [-0.15, -0.1) is 0 Å². The maximum absolute atomic E-state index is 12.2. The topological polar surface area (TPSA) is 227 Å². The van der Waals surface area contributed by atoms with Gasteiger partial charge in [-0.1, -0.05) is 0 Å². The Morgan fingerprint density at radius 2 is 0.816 bits per heavy atom. The van der Waals surface area contributed by atoms with Crippen molar-refractivity contribution in [1.29, 1.82) is 0 Å². The third-order valence-electron chi connectivity index (χ3n) is 4.19. The minimum absolute atomic E-state index is 0.751. The number of hydrogen-bond donors (Lipinski definition) is 1. The zero-order valence-electron chi connectivity index (χ0n) is 21.9. The lowest BCUT2D eigenvalue weighted by molar-refractivity contribution is -0.221. The summed E-state index contributed by atoms with van der Waals surface area (Å²) >= 11 is 0. The molecule has 0 aliphatic carbocycles. The number of nitrogens with two attached hydrogens (primary N) is 1. The molecule has 0 aliphatic rings. The van der Waals surface area contributed by atoms with E-state index in [1.807, 2.05) is 0 Å². The lowest BCUT2D eigenvalue weighted by Gasteiger charge is -2.39. The lowest BCUT2D eigenvalue weighted by atomic mass is 9.94. The molecule has 16 nitrogen and oxygen atoms in total. The van der Waals surface area contributed by atoms with Gasteiger partial charge in [0.05, 0.1) is 0 Å². The number of primary amides is 1. The average molecular weight is 549 g/mol. The molecular weight excluding hydrogens is 518 g/mol. The number of rotatable bonds is 14. The molecule has 0 aromatic heterocycles. The normalized spacial score (nSPS) is 15.1. The first-order chi connectivity index (χ1) is 17.5. The van der Waals surface area contributed by atoms with Crippen LogP contribution in [0.2, 0.25) is 0 Å². The summed E-state index contributed by atoms with van der Waals surface area (Å²) < 4.78 is 35.6. The van der Waals surface area contributed by atoms with E-state index in [9.17, 15) is 38.4 Å². The van der Waals surface area contributed by atoms with Gasteiger partial charge in [0.15, 0.2) is 30.5 Å². The summed E-state index contributed by atoms with van der Waals surface area (Å²) in [6, 6.07) is 0. The summed E-state index contributed by atoms with van der Waals surface area (Å²) in [4.78, 5) is 95.2. The van der Waals surface area contributed by atoms with Crippen molar-refractivity contribution in [3.8, 4) is 0 Å². The van der Waals surface area contributed by atoms with Gasteiger partial charge in [-0.3, -0.25) is 38.4 Å². The molecule has 16 heteroatoms. The fraction of sp³-hybridized carbons (Fsp3) is 0.636. The summed E-state index contributed by atoms with van der Waals surface area (Å²) in [6.07, 6.45) is -11.9. The highest BCUT2D eigenvalue weighted by Crippen LogP contribution is 2.26. The van der Waals surface area contributed by atoms with Crippen LogP contribution in [-0.2, 0) is 71.5 Å². The summed E-state index contributed by atoms with van der Waals surface area (Å²) in [7, 11) is 0. The second kappa shape index (κ2) is 15.8. The average Bonchev–Trinajstić information content (AvgIpc) is 2.73. The zero-order valence-corrected chi connectivity index (χ0v) is 21.9. The number of ether oxygens (including phenoxy) is 7. The summed E-state index contributed by atoms with van der Waals surface area (Å²) in [5.41, 5.74) is 5.33. The van der Waals surface area contributed by atoms with E-state index >= 15 is 0 Å². The molecule has 0 aromatic rings. The molecule has 0 aliphatic heterocycles. The molecule has 0 rings (SSSR count). The minimum atomic E-state index is -2.11. The molecular formula is C22H31NO15. The van der Waals surface area contributed by atoms with E-state index < -0.39 is 90.9 Å². The molecule has 0 saturated heterocycles. The summed E-state index contributed by atoms with van der Waals surface area (Å²) in [5.74, 6) is -8.55. The Labute approximate surface area is 217 Å². The lowest BCUT2D eigenvalue weighted by Crippen LogP contribution is -2.61. The van der Waals surface area contributed by atoms with Gasteiger partial charge < -0.3 is 38.9 Å². The van der Waals surface area contributed by atoms with Gasteiger partial charge in [0, 0.05) is 48.5 Å². The molecule has 2 N–H and O–H groups in total. The molecule has 0 bridgehead atoms. The Morgan fingerprint density at radius 1 is 0.474 bits per heavy atom. The predicted octanol–water partition coefficient (Wildman–Crippen LogP) is -1.37. The van der Waals surface area contributed by atoms with E-state index in [4.69, 9.17) is 38.9 Å². The van der Waals surface area contributed by atoms with Crippen molar-refractivity contribution >= 4 is 47.7 Å². The van der Waals surface area contributed by atoms with Crippen molar-refractivity contribution in [3.63, 3.8) is 0 Å². The first kappa shape index (κ1) is 33.8. The smallest absolute Gasteiger partial charge is 0.303 e. The van der Waals surface area contributed by atoms with Crippen LogP contribution in [0.4, 0.5) is 0 Å². The van der Waals surface area contributed by atoms with Gasteiger partial charge in [-0.05, 0) is 0 Å². The van der Waals surface area contributed by atoms with E-state index in [-0.39, 0.29) is 0 Å². The Morgan fingerprint density at radius 3 is 1.16 bits per heavy atom. The molecule has 0 heterocycles. The van der Waals surface area contributed by atoms with Crippen molar-refractivity contribution in [1.82, 2.24) is 0 Å². The monoisotopic (exact) mass is 549 g/mol. The van der Waals surface area contributed by atoms with Gasteiger partial charge in [0.1, 0.15) is 6.61 Å². The fourth-order valence-electron chi connectivity index (χ4n) is 3.14. The van der Waals surface area contributed by atoms with Crippen molar-refractivity contribution < 1.29 is 71.5 Å². The molecule has 214 valence electrons. The summed E-state index contributed by atoms with van der Waals surface area (Å²) in [6.45, 7) is 5.71. The quantitative estimate of drug-likeness (QED) is 0.195. The maximum Gasteiger partial charge on any atom is 0.303 e. The van der Waals surface area contributed by atoms with Crippen LogP contribution >= 0.6 is 0 Å². The highest BCUT2D eigenvalue weighted by molar-refractivity contribution is 5.83. The van der Waals surface area contributed by atoms with Gasteiger partial charge in [-0.25, -0.2) is 0 Å². The molecule has 6 atom stereocenters. The highest BCUT2D eigenvalue weighted by atomic mass is 16.7. The highest BCUT2D eigenvalue weighted by Gasteiger charge is 2.52. The van der Waals surface area contributed by atoms with Crippen LogP contribution in [0, 0.1) is 0 Å². The Hall–Kier alpha value is -4.24. The fourth-order valence-corrected chi connectivity index (χ4v) is 3.14. The van der Waals surface area contributed by atoms with E-state index in [1.165, 1.54) is 0 Å². The predicted molar refractivity (Wildman–Crippen MR) is 119 cm³/mol. The number of carbonyl (C=O) groups excluding carboxylic acids is 8. The largest absolute Gasteiger partial charge is 0.462 e. The molecule has 0 saturated carbocycles. The van der Waals surface area contributed by atoms with Crippen molar-refractivity contribution in [3.05, 3.63) is 0 Å². The van der Waals surface area contributed by atoms with Crippen molar-refractivity contribution in [2.75, 3.05) is 6.61 Å².